The summed E-state index contributed by atoms with van der Waals surface area (Å²) in [6.45, 7) is 3.60. The third-order valence-electron chi connectivity index (χ3n) is 4.73. The molecule has 2 N–H and O–H groups in total. The van der Waals surface area contributed by atoms with Crippen LogP contribution in [-0.2, 0) is 9.84 Å². The maximum atomic E-state index is 12.2. The highest BCUT2D eigenvalue weighted by atomic mass is 32.2. The molecule has 26 heavy (non-hydrogen) atoms. The number of hydrogen-bond donors (Lipinski definition) is 2. The molecule has 1 aliphatic rings. The van der Waals surface area contributed by atoms with Crippen molar-refractivity contribution in [3.05, 3.63) is 42.2 Å². The van der Waals surface area contributed by atoms with E-state index in [4.69, 9.17) is 0 Å². The molecule has 9 heteroatoms. The number of benzene rings is 1. The van der Waals surface area contributed by atoms with Crippen molar-refractivity contribution in [2.45, 2.75) is 44.0 Å². The molecule has 2 heterocycles. The Morgan fingerprint density at radius 2 is 2.00 bits per heavy atom. The fourth-order valence-electron chi connectivity index (χ4n) is 3.03. The van der Waals surface area contributed by atoms with Crippen LogP contribution < -0.4 is 10.6 Å². The van der Waals surface area contributed by atoms with E-state index < -0.39 is 9.84 Å². The number of amides is 2. The van der Waals surface area contributed by atoms with Gasteiger partial charge in [0.2, 0.25) is 0 Å². The van der Waals surface area contributed by atoms with Crippen LogP contribution in [0.5, 0.6) is 0 Å². The molecule has 0 saturated carbocycles. The second-order valence-corrected chi connectivity index (χ2v) is 9.16. The summed E-state index contributed by atoms with van der Waals surface area (Å²) in [6, 6.07) is 6.72. The van der Waals surface area contributed by atoms with Crippen LogP contribution in [0, 0.1) is 0 Å². The Morgan fingerprint density at radius 3 is 2.62 bits per heavy atom. The summed E-state index contributed by atoms with van der Waals surface area (Å²) in [7, 11) is -3.12. The smallest absolute Gasteiger partial charge is 0.315 e. The Bertz CT molecular complexity index is 849. The van der Waals surface area contributed by atoms with Crippen molar-refractivity contribution in [2.24, 2.45) is 0 Å². The van der Waals surface area contributed by atoms with Crippen LogP contribution in [0.25, 0.3) is 5.69 Å². The first-order valence-electron chi connectivity index (χ1n) is 8.60. The van der Waals surface area contributed by atoms with E-state index in [2.05, 4.69) is 20.9 Å². The predicted octanol–water partition coefficient (Wildman–Crippen LogP) is 1.59. The van der Waals surface area contributed by atoms with E-state index in [9.17, 15) is 13.2 Å². The molecular formula is C17H23N5O3S. The number of nitrogens with zero attached hydrogens (tertiary/aromatic N) is 3. The molecule has 1 fully saturated rings. The molecule has 1 aromatic carbocycles. The first kappa shape index (κ1) is 18.4. The van der Waals surface area contributed by atoms with Crippen LogP contribution >= 0.6 is 0 Å². The molecule has 2 amide bonds. The molecule has 0 spiro atoms. The number of hydrogen-bond acceptors (Lipinski definition) is 5. The molecule has 3 rings (SSSR count). The zero-order valence-corrected chi connectivity index (χ0v) is 15.6. The van der Waals surface area contributed by atoms with Crippen molar-refractivity contribution in [3.63, 3.8) is 0 Å². The lowest BCUT2D eigenvalue weighted by molar-refractivity contribution is 0.233. The summed E-state index contributed by atoms with van der Waals surface area (Å²) in [6.07, 6.45) is 4.61. The summed E-state index contributed by atoms with van der Waals surface area (Å²) < 4.78 is 25.6. The second-order valence-electron chi connectivity index (χ2n) is 6.69. The first-order valence-corrected chi connectivity index (χ1v) is 10.3. The van der Waals surface area contributed by atoms with Crippen molar-refractivity contribution >= 4 is 15.9 Å². The molecule has 1 aliphatic heterocycles. The van der Waals surface area contributed by atoms with Crippen LogP contribution in [0.4, 0.5) is 4.79 Å². The highest BCUT2D eigenvalue weighted by Gasteiger charge is 2.32. The zero-order chi connectivity index (χ0) is 18.7. The Morgan fingerprint density at radius 1 is 1.27 bits per heavy atom. The van der Waals surface area contributed by atoms with Gasteiger partial charge in [-0.3, -0.25) is 0 Å². The van der Waals surface area contributed by atoms with Gasteiger partial charge in [0.05, 0.1) is 35.1 Å². The molecule has 3 atom stereocenters. The molecule has 0 radical (unpaired) electrons. The maximum Gasteiger partial charge on any atom is 0.315 e. The van der Waals surface area contributed by atoms with Gasteiger partial charge in [-0.1, -0.05) is 17.3 Å². The Kier molecular flexibility index (Phi) is 5.26. The van der Waals surface area contributed by atoms with Gasteiger partial charge in [-0.25, -0.2) is 17.9 Å². The van der Waals surface area contributed by atoms with Crippen molar-refractivity contribution in [1.82, 2.24) is 25.6 Å². The van der Waals surface area contributed by atoms with Crippen molar-refractivity contribution in [3.8, 4) is 5.69 Å². The lowest BCUT2D eigenvalue weighted by Gasteiger charge is -2.27. The molecule has 1 aromatic heterocycles. The summed E-state index contributed by atoms with van der Waals surface area (Å²) in [5, 5.41) is 13.0. The fourth-order valence-corrected chi connectivity index (χ4v) is 4.66. The highest BCUT2D eigenvalue weighted by molar-refractivity contribution is 7.92. The van der Waals surface area contributed by atoms with E-state index in [1.807, 2.05) is 31.2 Å². The quantitative estimate of drug-likeness (QED) is 0.842. The predicted molar refractivity (Wildman–Crippen MR) is 97.7 cm³/mol. The number of aromatic nitrogens is 3. The van der Waals surface area contributed by atoms with Crippen LogP contribution in [-0.4, -0.2) is 46.5 Å². The van der Waals surface area contributed by atoms with Crippen LogP contribution in [0.2, 0.25) is 0 Å². The van der Waals surface area contributed by atoms with Gasteiger partial charge in [0.25, 0.3) is 0 Å². The van der Waals surface area contributed by atoms with E-state index >= 15 is 0 Å². The number of sulfone groups is 1. The number of nitrogens with one attached hydrogen (secondary N) is 2. The lowest BCUT2D eigenvalue weighted by Crippen LogP contribution is -2.49. The van der Waals surface area contributed by atoms with Crippen LogP contribution in [0.15, 0.2) is 36.7 Å². The third-order valence-corrected chi connectivity index (χ3v) is 7.06. The minimum atomic E-state index is -3.12. The average molecular weight is 377 g/mol. The van der Waals surface area contributed by atoms with Crippen LogP contribution in [0.1, 0.15) is 38.3 Å². The van der Waals surface area contributed by atoms with Crippen molar-refractivity contribution < 1.29 is 13.2 Å². The first-order chi connectivity index (χ1) is 12.3. The number of urea groups is 1. The fraction of sp³-hybridized carbons (Fsp3) is 0.471. The monoisotopic (exact) mass is 377 g/mol. The van der Waals surface area contributed by atoms with Gasteiger partial charge in [0, 0.05) is 6.04 Å². The largest absolute Gasteiger partial charge is 0.334 e. The van der Waals surface area contributed by atoms with Gasteiger partial charge < -0.3 is 10.6 Å². The minimum absolute atomic E-state index is 0.00255. The molecule has 8 nitrogen and oxygen atoms in total. The van der Waals surface area contributed by atoms with Gasteiger partial charge in [0.1, 0.15) is 0 Å². The number of carbonyl (C=O) groups is 1. The topological polar surface area (TPSA) is 106 Å². The van der Waals surface area contributed by atoms with Crippen molar-refractivity contribution in [1.29, 1.82) is 0 Å². The molecule has 1 saturated heterocycles. The highest BCUT2D eigenvalue weighted by Crippen LogP contribution is 2.20. The van der Waals surface area contributed by atoms with Crippen molar-refractivity contribution in [2.75, 3.05) is 5.75 Å². The van der Waals surface area contributed by atoms with Gasteiger partial charge in [-0.05, 0) is 44.4 Å². The molecular weight excluding hydrogens is 354 g/mol. The molecule has 0 aliphatic carbocycles. The van der Waals surface area contributed by atoms with Gasteiger partial charge >= 0.3 is 6.03 Å². The van der Waals surface area contributed by atoms with E-state index in [1.54, 1.807) is 24.0 Å². The van der Waals surface area contributed by atoms with Gasteiger partial charge in [0.15, 0.2) is 9.84 Å². The number of rotatable bonds is 4. The second kappa shape index (κ2) is 7.45. The summed E-state index contributed by atoms with van der Waals surface area (Å²) in [4.78, 5) is 12.2. The molecule has 0 bridgehead atoms. The van der Waals surface area contributed by atoms with E-state index in [1.165, 1.54) is 0 Å². The van der Waals surface area contributed by atoms with E-state index in [0.29, 0.717) is 12.8 Å². The zero-order valence-electron chi connectivity index (χ0n) is 14.8. The van der Waals surface area contributed by atoms with E-state index in [0.717, 1.165) is 11.3 Å². The summed E-state index contributed by atoms with van der Waals surface area (Å²) in [5.74, 6) is 0.00255. The maximum absolute atomic E-state index is 12.2. The molecule has 140 valence electrons. The Labute approximate surface area is 152 Å². The molecule has 3 unspecified atom stereocenters. The standard InChI is InChI=1S/C17H23N5O3S/c1-12-3-6-15(11-26(12,24)25)20-17(23)19-13(2)14-4-7-16(8-5-14)22-10-9-18-21-22/h4-5,7-10,12-13,15H,3,6,11H2,1-2H3,(H2,19,20,23). The van der Waals surface area contributed by atoms with Gasteiger partial charge in [-0.2, -0.15) is 0 Å². The minimum Gasteiger partial charge on any atom is -0.334 e. The lowest BCUT2D eigenvalue weighted by atomic mass is 10.1. The summed E-state index contributed by atoms with van der Waals surface area (Å²) >= 11 is 0. The van der Waals surface area contributed by atoms with Gasteiger partial charge in [-0.15, -0.1) is 5.10 Å². The van der Waals surface area contributed by atoms with E-state index in [-0.39, 0.29) is 29.1 Å². The molecule has 2 aromatic rings. The number of carbonyl (C=O) groups excluding carboxylic acids is 1. The normalized spacial score (nSPS) is 23.2. The van der Waals surface area contributed by atoms with Crippen LogP contribution in [0.3, 0.4) is 0 Å². The average Bonchev–Trinajstić information content (AvgIpc) is 3.12. The SMILES string of the molecule is CC(NC(=O)NC1CCC(C)S(=O)(=O)C1)c1ccc(-n2ccnn2)cc1. The third kappa shape index (κ3) is 4.21. The Balaban J connectivity index is 1.56. The Hall–Kier alpha value is -2.42. The summed E-state index contributed by atoms with van der Waals surface area (Å²) in [5.41, 5.74) is 1.82.